The first kappa shape index (κ1) is 15.7. The summed E-state index contributed by atoms with van der Waals surface area (Å²) in [6.07, 6.45) is 0. The van der Waals surface area contributed by atoms with Gasteiger partial charge in [-0.15, -0.1) is 0 Å². The molecule has 2 aromatic rings. The maximum atomic E-state index is 13.3. The average Bonchev–Trinajstić information content (AvgIpc) is 2.50. The maximum absolute atomic E-state index is 13.3. The third kappa shape index (κ3) is 3.69. The van der Waals surface area contributed by atoms with Crippen molar-refractivity contribution in [2.75, 3.05) is 11.9 Å². The summed E-state index contributed by atoms with van der Waals surface area (Å²) in [7, 11) is 0. The highest BCUT2D eigenvalue weighted by atomic mass is 19.1. The fraction of sp³-hybridized carbons (Fsp3) is 0.176. The second kappa shape index (κ2) is 6.85. The lowest BCUT2D eigenvalue weighted by molar-refractivity contribution is 0.0526. The van der Waals surface area contributed by atoms with E-state index in [2.05, 4.69) is 5.32 Å². The molecule has 5 heteroatoms. The topological polar surface area (TPSA) is 55.4 Å². The number of ether oxygens (including phenoxy) is 1. The molecule has 0 heterocycles. The lowest BCUT2D eigenvalue weighted by Gasteiger charge is -2.09. The summed E-state index contributed by atoms with van der Waals surface area (Å²) >= 11 is 0. The van der Waals surface area contributed by atoms with E-state index in [1.165, 1.54) is 18.2 Å². The van der Waals surface area contributed by atoms with E-state index in [1.54, 1.807) is 38.1 Å². The van der Waals surface area contributed by atoms with Gasteiger partial charge in [0.2, 0.25) is 0 Å². The van der Waals surface area contributed by atoms with E-state index in [0.717, 1.165) is 0 Å². The van der Waals surface area contributed by atoms with Crippen LogP contribution in [0.15, 0.2) is 42.5 Å². The van der Waals surface area contributed by atoms with Gasteiger partial charge in [-0.3, -0.25) is 4.79 Å². The number of hydrogen-bond donors (Lipinski definition) is 1. The monoisotopic (exact) mass is 301 g/mol. The Morgan fingerprint density at radius 1 is 1.18 bits per heavy atom. The lowest BCUT2D eigenvalue weighted by Crippen LogP contribution is -2.14. The van der Waals surface area contributed by atoms with E-state index >= 15 is 0 Å². The van der Waals surface area contributed by atoms with Gasteiger partial charge in [-0.2, -0.15) is 0 Å². The predicted molar refractivity (Wildman–Crippen MR) is 81.5 cm³/mol. The van der Waals surface area contributed by atoms with Crippen LogP contribution in [-0.2, 0) is 4.74 Å². The standard InChI is InChI=1S/C17H16FNO3/c1-3-22-17(21)12-5-4-6-14(9-12)19-16(20)15-10-13(18)8-7-11(15)2/h4-10H,3H2,1-2H3,(H,19,20). The molecule has 0 spiro atoms. The summed E-state index contributed by atoms with van der Waals surface area (Å²) in [5.74, 6) is -1.37. The number of esters is 1. The van der Waals surface area contributed by atoms with Crippen molar-refractivity contribution in [1.29, 1.82) is 0 Å². The Hall–Kier alpha value is -2.69. The van der Waals surface area contributed by atoms with E-state index in [1.807, 2.05) is 0 Å². The maximum Gasteiger partial charge on any atom is 0.338 e. The normalized spacial score (nSPS) is 10.1. The first-order chi connectivity index (χ1) is 10.5. The van der Waals surface area contributed by atoms with Gasteiger partial charge in [0.1, 0.15) is 5.82 Å². The molecule has 1 N–H and O–H groups in total. The molecule has 22 heavy (non-hydrogen) atoms. The van der Waals surface area contributed by atoms with Crippen LogP contribution in [0.2, 0.25) is 0 Å². The molecule has 4 nitrogen and oxygen atoms in total. The van der Waals surface area contributed by atoms with Crippen LogP contribution in [0.3, 0.4) is 0 Å². The molecule has 0 bridgehead atoms. The molecule has 0 unspecified atom stereocenters. The average molecular weight is 301 g/mol. The Labute approximate surface area is 127 Å². The van der Waals surface area contributed by atoms with Gasteiger partial charge in [-0.1, -0.05) is 12.1 Å². The summed E-state index contributed by atoms with van der Waals surface area (Å²) in [5.41, 5.74) is 1.71. The van der Waals surface area contributed by atoms with Crippen LogP contribution in [0.4, 0.5) is 10.1 Å². The number of nitrogens with one attached hydrogen (secondary N) is 1. The van der Waals surface area contributed by atoms with Crippen LogP contribution in [0.5, 0.6) is 0 Å². The second-order valence-electron chi connectivity index (χ2n) is 4.71. The smallest absolute Gasteiger partial charge is 0.338 e. The van der Waals surface area contributed by atoms with E-state index in [9.17, 15) is 14.0 Å². The highest BCUT2D eigenvalue weighted by Crippen LogP contribution is 2.16. The highest BCUT2D eigenvalue weighted by Gasteiger charge is 2.12. The number of aryl methyl sites for hydroxylation is 1. The number of anilines is 1. The van der Waals surface area contributed by atoms with Crippen LogP contribution < -0.4 is 5.32 Å². The molecule has 0 fully saturated rings. The first-order valence-electron chi connectivity index (χ1n) is 6.86. The van der Waals surface area contributed by atoms with Crippen molar-refractivity contribution >= 4 is 17.6 Å². The van der Waals surface area contributed by atoms with E-state index in [4.69, 9.17) is 4.74 Å². The molecule has 0 saturated carbocycles. The quantitative estimate of drug-likeness (QED) is 0.878. The third-order valence-corrected chi connectivity index (χ3v) is 3.08. The summed E-state index contributed by atoms with van der Waals surface area (Å²) in [5, 5.41) is 2.65. The molecular weight excluding hydrogens is 285 g/mol. The molecule has 2 aromatic carbocycles. The number of carbonyl (C=O) groups is 2. The molecule has 0 aromatic heterocycles. The fourth-order valence-corrected chi connectivity index (χ4v) is 1.98. The summed E-state index contributed by atoms with van der Waals surface area (Å²) in [6.45, 7) is 3.72. The van der Waals surface area contributed by atoms with Gasteiger partial charge in [0.05, 0.1) is 12.2 Å². The zero-order valence-corrected chi connectivity index (χ0v) is 12.4. The van der Waals surface area contributed by atoms with Crippen LogP contribution in [0, 0.1) is 12.7 Å². The Kier molecular flexibility index (Phi) is 4.88. The molecule has 0 radical (unpaired) electrons. The molecule has 0 aliphatic carbocycles. The van der Waals surface area contributed by atoms with Gasteiger partial charge in [0, 0.05) is 11.3 Å². The number of benzene rings is 2. The summed E-state index contributed by atoms with van der Waals surface area (Å²) in [4.78, 5) is 23.9. The van der Waals surface area contributed by atoms with Crippen molar-refractivity contribution in [2.24, 2.45) is 0 Å². The van der Waals surface area contributed by atoms with E-state index in [0.29, 0.717) is 16.8 Å². The molecule has 0 aliphatic rings. The van der Waals surface area contributed by atoms with Crippen LogP contribution in [0.25, 0.3) is 0 Å². The minimum atomic E-state index is -0.476. The molecule has 0 saturated heterocycles. The van der Waals surface area contributed by atoms with Crippen LogP contribution >= 0.6 is 0 Å². The highest BCUT2D eigenvalue weighted by molar-refractivity contribution is 6.05. The van der Waals surface area contributed by atoms with Crippen LogP contribution in [0.1, 0.15) is 33.2 Å². The van der Waals surface area contributed by atoms with E-state index in [-0.39, 0.29) is 12.2 Å². The number of hydrogen-bond acceptors (Lipinski definition) is 3. The zero-order chi connectivity index (χ0) is 16.1. The summed E-state index contributed by atoms with van der Waals surface area (Å²) in [6, 6.07) is 10.4. The van der Waals surface area contributed by atoms with Crippen molar-refractivity contribution in [3.05, 3.63) is 65.0 Å². The lowest BCUT2D eigenvalue weighted by atomic mass is 10.1. The Morgan fingerprint density at radius 3 is 2.68 bits per heavy atom. The van der Waals surface area contributed by atoms with Gasteiger partial charge in [-0.25, -0.2) is 9.18 Å². The van der Waals surface area contributed by atoms with Gasteiger partial charge < -0.3 is 10.1 Å². The fourth-order valence-electron chi connectivity index (χ4n) is 1.98. The first-order valence-corrected chi connectivity index (χ1v) is 6.86. The zero-order valence-electron chi connectivity index (χ0n) is 12.4. The summed E-state index contributed by atoms with van der Waals surface area (Å²) < 4.78 is 18.2. The van der Waals surface area contributed by atoms with Gasteiger partial charge in [-0.05, 0) is 49.7 Å². The number of carbonyl (C=O) groups excluding carboxylic acids is 2. The Balaban J connectivity index is 2.20. The van der Waals surface area contributed by atoms with Gasteiger partial charge in [0.25, 0.3) is 5.91 Å². The SMILES string of the molecule is CCOC(=O)c1cccc(NC(=O)c2cc(F)ccc2C)c1. The molecular formula is C17H16FNO3. The van der Waals surface area contributed by atoms with E-state index < -0.39 is 17.7 Å². The Bertz CT molecular complexity index is 713. The third-order valence-electron chi connectivity index (χ3n) is 3.08. The number of rotatable bonds is 4. The molecule has 0 atom stereocenters. The van der Waals surface area contributed by atoms with Gasteiger partial charge >= 0.3 is 5.97 Å². The number of amides is 1. The predicted octanol–water partition coefficient (Wildman–Crippen LogP) is 3.56. The number of halogens is 1. The molecule has 0 aliphatic heterocycles. The van der Waals surface area contributed by atoms with Gasteiger partial charge in [0.15, 0.2) is 0 Å². The minimum absolute atomic E-state index is 0.251. The molecule has 1 amide bonds. The van der Waals surface area contributed by atoms with Crippen molar-refractivity contribution in [3.63, 3.8) is 0 Å². The van der Waals surface area contributed by atoms with Crippen molar-refractivity contribution < 1.29 is 18.7 Å². The van der Waals surface area contributed by atoms with Crippen molar-refractivity contribution in [2.45, 2.75) is 13.8 Å². The molecule has 114 valence electrons. The second-order valence-corrected chi connectivity index (χ2v) is 4.71. The van der Waals surface area contributed by atoms with Crippen molar-refractivity contribution in [1.82, 2.24) is 0 Å². The van der Waals surface area contributed by atoms with Crippen molar-refractivity contribution in [3.8, 4) is 0 Å². The van der Waals surface area contributed by atoms with Crippen LogP contribution in [-0.4, -0.2) is 18.5 Å². The minimum Gasteiger partial charge on any atom is -0.462 e. The largest absolute Gasteiger partial charge is 0.462 e. The molecule has 2 rings (SSSR count). The Morgan fingerprint density at radius 2 is 1.95 bits per heavy atom.